The summed E-state index contributed by atoms with van der Waals surface area (Å²) in [5.41, 5.74) is 2.07. The van der Waals surface area contributed by atoms with Crippen molar-refractivity contribution in [3.05, 3.63) is 46.7 Å². The Hall–Kier alpha value is -1.46. The number of hydrogen-bond donors (Lipinski definition) is 2. The van der Waals surface area contributed by atoms with Gasteiger partial charge in [0.2, 0.25) is 0 Å². The molecule has 0 saturated carbocycles. The van der Waals surface area contributed by atoms with Gasteiger partial charge < -0.3 is 10.4 Å². The molecule has 1 aromatic carbocycles. The highest BCUT2D eigenvalue weighted by atomic mass is 32.1. The van der Waals surface area contributed by atoms with Crippen molar-refractivity contribution in [2.45, 2.75) is 6.04 Å². The van der Waals surface area contributed by atoms with Crippen LogP contribution in [0.2, 0.25) is 0 Å². The summed E-state index contributed by atoms with van der Waals surface area (Å²) in [5.74, 6) is -0.328. The molecule has 5 heteroatoms. The van der Waals surface area contributed by atoms with Crippen LogP contribution in [0.3, 0.4) is 0 Å². The lowest BCUT2D eigenvalue weighted by Gasteiger charge is -2.15. The number of anilines is 1. The molecule has 0 aliphatic heterocycles. The Morgan fingerprint density at radius 2 is 2.25 bits per heavy atom. The lowest BCUT2D eigenvalue weighted by atomic mass is 10.2. The molecule has 0 spiro atoms. The standard InChI is InChI=1S/C11H11FN2OS/c12-8-3-1-2-4-9(8)14-10(6-15)11-5-13-7-16-11/h1-5,7,10,14-15H,6H2. The van der Waals surface area contributed by atoms with Crippen LogP contribution in [0, 0.1) is 5.82 Å². The van der Waals surface area contributed by atoms with Gasteiger partial charge in [-0.05, 0) is 12.1 Å². The van der Waals surface area contributed by atoms with Crippen LogP contribution in [0.25, 0.3) is 0 Å². The largest absolute Gasteiger partial charge is 0.394 e. The first-order valence-electron chi connectivity index (χ1n) is 4.81. The molecule has 0 radical (unpaired) electrons. The van der Waals surface area contributed by atoms with Crippen molar-refractivity contribution in [1.29, 1.82) is 0 Å². The summed E-state index contributed by atoms with van der Waals surface area (Å²) in [5, 5.41) is 12.2. The second-order valence-electron chi connectivity index (χ2n) is 3.26. The van der Waals surface area contributed by atoms with E-state index in [1.165, 1.54) is 17.4 Å². The van der Waals surface area contributed by atoms with E-state index < -0.39 is 0 Å². The van der Waals surface area contributed by atoms with Crippen LogP contribution in [0.15, 0.2) is 36.0 Å². The molecule has 0 amide bonds. The van der Waals surface area contributed by atoms with Gasteiger partial charge in [-0.2, -0.15) is 0 Å². The molecule has 0 fully saturated rings. The van der Waals surface area contributed by atoms with Gasteiger partial charge in [0.05, 0.1) is 23.8 Å². The van der Waals surface area contributed by atoms with E-state index in [1.54, 1.807) is 29.9 Å². The minimum Gasteiger partial charge on any atom is -0.394 e. The maximum absolute atomic E-state index is 13.4. The lowest BCUT2D eigenvalue weighted by molar-refractivity contribution is 0.277. The summed E-state index contributed by atoms with van der Waals surface area (Å²) in [6.45, 7) is -0.101. The zero-order valence-electron chi connectivity index (χ0n) is 8.43. The molecule has 0 saturated heterocycles. The van der Waals surface area contributed by atoms with Crippen molar-refractivity contribution in [1.82, 2.24) is 4.98 Å². The van der Waals surface area contributed by atoms with Crippen LogP contribution in [0.4, 0.5) is 10.1 Å². The maximum atomic E-state index is 13.4. The van der Waals surface area contributed by atoms with Gasteiger partial charge in [0, 0.05) is 11.1 Å². The predicted octanol–water partition coefficient (Wildman–Crippen LogP) is 2.43. The Morgan fingerprint density at radius 1 is 1.44 bits per heavy atom. The van der Waals surface area contributed by atoms with Crippen LogP contribution >= 0.6 is 11.3 Å². The molecule has 1 aromatic heterocycles. The van der Waals surface area contributed by atoms with Gasteiger partial charge in [-0.3, -0.25) is 4.98 Å². The number of benzene rings is 1. The summed E-state index contributed by atoms with van der Waals surface area (Å²) < 4.78 is 13.4. The molecule has 2 N–H and O–H groups in total. The molecule has 1 heterocycles. The van der Waals surface area contributed by atoms with Crippen LogP contribution in [0.1, 0.15) is 10.9 Å². The number of rotatable bonds is 4. The van der Waals surface area contributed by atoms with Crippen molar-refractivity contribution in [2.75, 3.05) is 11.9 Å². The molecule has 1 atom stereocenters. The Bertz CT molecular complexity index is 447. The fourth-order valence-corrected chi connectivity index (χ4v) is 2.03. The topological polar surface area (TPSA) is 45.1 Å². The molecular formula is C11H11FN2OS. The van der Waals surface area contributed by atoms with Crippen LogP contribution in [0.5, 0.6) is 0 Å². The van der Waals surface area contributed by atoms with E-state index in [0.717, 1.165) is 4.88 Å². The Morgan fingerprint density at radius 3 is 2.88 bits per heavy atom. The molecule has 0 aliphatic rings. The van der Waals surface area contributed by atoms with E-state index in [0.29, 0.717) is 5.69 Å². The third-order valence-corrected chi connectivity index (χ3v) is 3.07. The van der Waals surface area contributed by atoms with E-state index in [1.807, 2.05) is 0 Å². The molecule has 2 rings (SSSR count). The van der Waals surface area contributed by atoms with Gasteiger partial charge >= 0.3 is 0 Å². The molecule has 1 unspecified atom stereocenters. The molecular weight excluding hydrogens is 227 g/mol. The number of thiazole rings is 1. The molecule has 16 heavy (non-hydrogen) atoms. The zero-order chi connectivity index (χ0) is 11.4. The van der Waals surface area contributed by atoms with Crippen molar-refractivity contribution in [2.24, 2.45) is 0 Å². The van der Waals surface area contributed by atoms with Crippen LogP contribution < -0.4 is 5.32 Å². The van der Waals surface area contributed by atoms with Gasteiger partial charge in [-0.1, -0.05) is 12.1 Å². The number of para-hydroxylation sites is 1. The number of nitrogens with zero attached hydrogens (tertiary/aromatic N) is 1. The number of hydrogen-bond acceptors (Lipinski definition) is 4. The Kier molecular flexibility index (Phi) is 3.48. The average molecular weight is 238 g/mol. The Balaban J connectivity index is 2.17. The first-order valence-corrected chi connectivity index (χ1v) is 5.69. The first-order chi connectivity index (χ1) is 7.81. The summed E-state index contributed by atoms with van der Waals surface area (Å²) in [6.07, 6.45) is 1.67. The third kappa shape index (κ3) is 2.37. The van der Waals surface area contributed by atoms with E-state index in [2.05, 4.69) is 10.3 Å². The smallest absolute Gasteiger partial charge is 0.146 e. The summed E-state index contributed by atoms with van der Waals surface area (Å²) in [6, 6.07) is 6.07. The van der Waals surface area contributed by atoms with Crippen LogP contribution in [-0.2, 0) is 0 Å². The normalized spacial score (nSPS) is 12.4. The molecule has 84 valence electrons. The van der Waals surface area contributed by atoms with Crippen LogP contribution in [-0.4, -0.2) is 16.7 Å². The summed E-state index contributed by atoms with van der Waals surface area (Å²) >= 11 is 1.42. The van der Waals surface area contributed by atoms with E-state index in [-0.39, 0.29) is 18.5 Å². The minimum atomic E-state index is -0.328. The van der Waals surface area contributed by atoms with Gasteiger partial charge in [0.15, 0.2) is 0 Å². The van der Waals surface area contributed by atoms with E-state index >= 15 is 0 Å². The Labute approximate surface area is 96.6 Å². The number of aliphatic hydroxyl groups is 1. The van der Waals surface area contributed by atoms with Gasteiger partial charge in [0.25, 0.3) is 0 Å². The highest BCUT2D eigenvalue weighted by Crippen LogP contribution is 2.23. The first kappa shape index (κ1) is 11.0. The maximum Gasteiger partial charge on any atom is 0.146 e. The fourth-order valence-electron chi connectivity index (χ4n) is 1.37. The second-order valence-corrected chi connectivity index (χ2v) is 4.18. The number of aliphatic hydroxyl groups excluding tert-OH is 1. The van der Waals surface area contributed by atoms with Crippen molar-refractivity contribution < 1.29 is 9.50 Å². The summed E-state index contributed by atoms with van der Waals surface area (Å²) in [7, 11) is 0. The monoisotopic (exact) mass is 238 g/mol. The highest BCUT2D eigenvalue weighted by Gasteiger charge is 2.13. The molecule has 3 nitrogen and oxygen atoms in total. The van der Waals surface area contributed by atoms with E-state index in [9.17, 15) is 9.50 Å². The van der Waals surface area contributed by atoms with Crippen molar-refractivity contribution >= 4 is 17.0 Å². The molecule has 0 aliphatic carbocycles. The second kappa shape index (κ2) is 5.05. The number of nitrogens with one attached hydrogen (secondary N) is 1. The average Bonchev–Trinajstić information content (AvgIpc) is 2.81. The van der Waals surface area contributed by atoms with Crippen molar-refractivity contribution in [3.63, 3.8) is 0 Å². The minimum absolute atomic E-state index is 0.101. The quantitative estimate of drug-likeness (QED) is 0.859. The summed E-state index contributed by atoms with van der Waals surface area (Å²) in [4.78, 5) is 4.81. The zero-order valence-corrected chi connectivity index (χ0v) is 9.25. The molecule has 2 aromatic rings. The fraction of sp³-hybridized carbons (Fsp3) is 0.182. The third-order valence-electron chi connectivity index (χ3n) is 2.18. The van der Waals surface area contributed by atoms with Crippen molar-refractivity contribution in [3.8, 4) is 0 Å². The lowest BCUT2D eigenvalue weighted by Crippen LogP contribution is -2.14. The van der Waals surface area contributed by atoms with Gasteiger partial charge in [-0.15, -0.1) is 11.3 Å². The van der Waals surface area contributed by atoms with Gasteiger partial charge in [-0.25, -0.2) is 4.39 Å². The number of aromatic nitrogens is 1. The highest BCUT2D eigenvalue weighted by molar-refractivity contribution is 7.09. The predicted molar refractivity (Wildman–Crippen MR) is 62.0 cm³/mol. The SMILES string of the molecule is OCC(Nc1ccccc1F)c1cncs1. The molecule has 0 bridgehead atoms. The number of halogens is 1. The van der Waals surface area contributed by atoms with E-state index in [4.69, 9.17) is 0 Å². The van der Waals surface area contributed by atoms with Gasteiger partial charge in [0.1, 0.15) is 5.82 Å².